The minimum absolute atomic E-state index is 0.0279. The van der Waals surface area contributed by atoms with Gasteiger partial charge in [0.1, 0.15) is 17.4 Å². The van der Waals surface area contributed by atoms with Crippen molar-refractivity contribution >= 4 is 5.97 Å². The Morgan fingerprint density at radius 3 is 3.00 bits per heavy atom. The van der Waals surface area contributed by atoms with Crippen molar-refractivity contribution in [1.82, 2.24) is 0 Å². The highest BCUT2D eigenvalue weighted by molar-refractivity contribution is 5.90. The quantitative estimate of drug-likeness (QED) is 0.848. The average molecular weight is 222 g/mol. The predicted molar refractivity (Wildman–Crippen MR) is 58.0 cm³/mol. The molecule has 1 unspecified atom stereocenters. The van der Waals surface area contributed by atoms with Crippen LogP contribution in [-0.2, 0) is 4.74 Å². The summed E-state index contributed by atoms with van der Waals surface area (Å²) in [5, 5.41) is 9.02. The lowest BCUT2D eigenvalue weighted by molar-refractivity contribution is 0.0687. The van der Waals surface area contributed by atoms with Gasteiger partial charge in [-0.1, -0.05) is 6.07 Å². The molecule has 1 N–H and O–H groups in total. The summed E-state index contributed by atoms with van der Waals surface area (Å²) in [7, 11) is 0. The Hall–Kier alpha value is -1.55. The van der Waals surface area contributed by atoms with E-state index in [4.69, 9.17) is 14.6 Å². The molecule has 1 aliphatic heterocycles. The first kappa shape index (κ1) is 11.0. The van der Waals surface area contributed by atoms with Crippen LogP contribution in [0.2, 0.25) is 0 Å². The zero-order valence-electron chi connectivity index (χ0n) is 9.10. The minimum Gasteiger partial charge on any atom is -0.487 e. The lowest BCUT2D eigenvalue weighted by Gasteiger charge is -2.14. The van der Waals surface area contributed by atoms with Gasteiger partial charge in [0, 0.05) is 6.42 Å². The van der Waals surface area contributed by atoms with Crippen LogP contribution in [0, 0.1) is 6.92 Å². The molecule has 1 aromatic carbocycles. The van der Waals surface area contributed by atoms with Gasteiger partial charge in [0.2, 0.25) is 0 Å². The number of benzene rings is 1. The molecule has 1 atom stereocenters. The molecule has 1 aliphatic rings. The Balaban J connectivity index is 2.22. The zero-order chi connectivity index (χ0) is 11.5. The van der Waals surface area contributed by atoms with E-state index < -0.39 is 5.97 Å². The summed E-state index contributed by atoms with van der Waals surface area (Å²) in [6.45, 7) is 3.12. The van der Waals surface area contributed by atoms with Crippen molar-refractivity contribution in [3.8, 4) is 5.75 Å². The Morgan fingerprint density at radius 2 is 2.38 bits per heavy atom. The minimum atomic E-state index is -0.964. The molecule has 1 fully saturated rings. The molecule has 0 amide bonds. The normalized spacial score (nSPS) is 19.7. The number of carbonyl (C=O) groups is 1. The number of carboxylic acid groups (broad SMARTS) is 1. The van der Waals surface area contributed by atoms with Crippen LogP contribution in [0.5, 0.6) is 5.75 Å². The monoisotopic (exact) mass is 222 g/mol. The number of aryl methyl sites for hydroxylation is 1. The number of carboxylic acids is 1. The molecule has 0 bridgehead atoms. The Morgan fingerprint density at radius 1 is 1.56 bits per heavy atom. The van der Waals surface area contributed by atoms with Gasteiger partial charge in [0.25, 0.3) is 0 Å². The number of hydrogen-bond acceptors (Lipinski definition) is 3. The fourth-order valence-electron chi connectivity index (χ4n) is 1.69. The van der Waals surface area contributed by atoms with Crippen LogP contribution in [0.15, 0.2) is 18.2 Å². The van der Waals surface area contributed by atoms with Gasteiger partial charge in [0.15, 0.2) is 0 Å². The Bertz CT molecular complexity index is 394. The molecule has 2 rings (SSSR count). The largest absolute Gasteiger partial charge is 0.487 e. The van der Waals surface area contributed by atoms with Gasteiger partial charge in [-0.25, -0.2) is 4.79 Å². The van der Waals surface area contributed by atoms with Gasteiger partial charge >= 0.3 is 5.97 Å². The van der Waals surface area contributed by atoms with E-state index in [1.165, 1.54) is 0 Å². The molecule has 0 radical (unpaired) electrons. The fourth-order valence-corrected chi connectivity index (χ4v) is 1.69. The lowest BCUT2D eigenvalue weighted by atomic mass is 10.1. The SMILES string of the molecule is Cc1ccc(C(=O)O)c(OC2CCOC2)c1. The standard InChI is InChI=1S/C12H14O4/c1-8-2-3-10(12(13)14)11(6-8)16-9-4-5-15-7-9/h2-3,6,9H,4-5,7H2,1H3,(H,13,14). The fraction of sp³-hybridized carbons (Fsp3) is 0.417. The summed E-state index contributed by atoms with van der Waals surface area (Å²) >= 11 is 0. The molecular formula is C12H14O4. The van der Waals surface area contributed by atoms with Crippen LogP contribution in [-0.4, -0.2) is 30.4 Å². The van der Waals surface area contributed by atoms with E-state index >= 15 is 0 Å². The maximum Gasteiger partial charge on any atom is 0.339 e. The van der Waals surface area contributed by atoms with Gasteiger partial charge in [-0.2, -0.15) is 0 Å². The molecule has 0 spiro atoms. The number of aromatic carboxylic acids is 1. The highest BCUT2D eigenvalue weighted by atomic mass is 16.5. The maximum absolute atomic E-state index is 11.0. The Labute approximate surface area is 93.8 Å². The molecule has 4 nitrogen and oxygen atoms in total. The molecule has 1 heterocycles. The molecule has 86 valence electrons. The molecule has 1 aromatic rings. The van der Waals surface area contributed by atoms with Crippen molar-refractivity contribution < 1.29 is 19.4 Å². The van der Waals surface area contributed by atoms with E-state index in [1.807, 2.05) is 6.92 Å². The van der Waals surface area contributed by atoms with Crippen molar-refractivity contribution in [2.45, 2.75) is 19.4 Å². The third kappa shape index (κ3) is 2.33. The third-order valence-corrected chi connectivity index (χ3v) is 2.55. The van der Waals surface area contributed by atoms with Crippen LogP contribution >= 0.6 is 0 Å². The Kier molecular flexibility index (Phi) is 3.10. The first-order valence-corrected chi connectivity index (χ1v) is 5.25. The number of rotatable bonds is 3. The summed E-state index contributed by atoms with van der Waals surface area (Å²) in [4.78, 5) is 11.0. The highest BCUT2D eigenvalue weighted by Gasteiger charge is 2.20. The summed E-state index contributed by atoms with van der Waals surface area (Å²) in [5.41, 5.74) is 1.19. The highest BCUT2D eigenvalue weighted by Crippen LogP contribution is 2.23. The van der Waals surface area contributed by atoms with Gasteiger partial charge in [-0.3, -0.25) is 0 Å². The van der Waals surface area contributed by atoms with E-state index in [1.54, 1.807) is 18.2 Å². The number of ether oxygens (including phenoxy) is 2. The van der Waals surface area contributed by atoms with Crippen LogP contribution in [0.25, 0.3) is 0 Å². The summed E-state index contributed by atoms with van der Waals surface area (Å²) in [5.74, 6) is -0.531. The molecule has 1 saturated heterocycles. The van der Waals surface area contributed by atoms with E-state index in [0.717, 1.165) is 12.0 Å². The second-order valence-corrected chi connectivity index (χ2v) is 3.91. The summed E-state index contributed by atoms with van der Waals surface area (Å²) < 4.78 is 10.8. The molecule has 4 heteroatoms. The third-order valence-electron chi connectivity index (χ3n) is 2.55. The molecular weight excluding hydrogens is 208 g/mol. The van der Waals surface area contributed by atoms with Crippen molar-refractivity contribution in [2.24, 2.45) is 0 Å². The van der Waals surface area contributed by atoms with Crippen LogP contribution in [0.1, 0.15) is 22.3 Å². The summed E-state index contributed by atoms with van der Waals surface area (Å²) in [6.07, 6.45) is 0.785. The molecule has 16 heavy (non-hydrogen) atoms. The van der Waals surface area contributed by atoms with E-state index in [2.05, 4.69) is 0 Å². The molecule has 0 aliphatic carbocycles. The predicted octanol–water partition coefficient (Wildman–Crippen LogP) is 1.86. The van der Waals surface area contributed by atoms with Gasteiger partial charge in [0.05, 0.1) is 13.2 Å². The van der Waals surface area contributed by atoms with Crippen LogP contribution < -0.4 is 4.74 Å². The van der Waals surface area contributed by atoms with Gasteiger partial charge in [-0.15, -0.1) is 0 Å². The second kappa shape index (κ2) is 4.53. The second-order valence-electron chi connectivity index (χ2n) is 3.91. The number of hydrogen-bond donors (Lipinski definition) is 1. The van der Waals surface area contributed by atoms with E-state index in [9.17, 15) is 4.79 Å². The maximum atomic E-state index is 11.0. The topological polar surface area (TPSA) is 55.8 Å². The van der Waals surface area contributed by atoms with Crippen molar-refractivity contribution in [1.29, 1.82) is 0 Å². The van der Waals surface area contributed by atoms with Gasteiger partial charge in [-0.05, 0) is 24.6 Å². The zero-order valence-corrected chi connectivity index (χ0v) is 9.10. The van der Waals surface area contributed by atoms with Gasteiger partial charge < -0.3 is 14.6 Å². The lowest BCUT2D eigenvalue weighted by Crippen LogP contribution is -2.17. The van der Waals surface area contributed by atoms with E-state index in [0.29, 0.717) is 19.0 Å². The first-order valence-electron chi connectivity index (χ1n) is 5.25. The molecule has 0 saturated carbocycles. The van der Waals surface area contributed by atoms with Crippen molar-refractivity contribution in [3.63, 3.8) is 0 Å². The average Bonchev–Trinajstić information content (AvgIpc) is 2.70. The van der Waals surface area contributed by atoms with Crippen LogP contribution in [0.4, 0.5) is 0 Å². The smallest absolute Gasteiger partial charge is 0.339 e. The molecule has 0 aromatic heterocycles. The van der Waals surface area contributed by atoms with Crippen molar-refractivity contribution in [3.05, 3.63) is 29.3 Å². The van der Waals surface area contributed by atoms with Crippen LogP contribution in [0.3, 0.4) is 0 Å². The first-order chi connectivity index (χ1) is 7.66. The summed E-state index contributed by atoms with van der Waals surface area (Å²) in [6, 6.07) is 5.09. The van der Waals surface area contributed by atoms with E-state index in [-0.39, 0.29) is 11.7 Å². The van der Waals surface area contributed by atoms with Crippen molar-refractivity contribution in [2.75, 3.05) is 13.2 Å².